The molecular formula is C14H13Cl2FN2O. The van der Waals surface area contributed by atoms with E-state index in [0.29, 0.717) is 33.8 Å². The van der Waals surface area contributed by atoms with Crippen molar-refractivity contribution in [2.24, 2.45) is 0 Å². The zero-order valence-electron chi connectivity index (χ0n) is 10.8. The van der Waals surface area contributed by atoms with Gasteiger partial charge in [0, 0.05) is 17.1 Å². The van der Waals surface area contributed by atoms with Crippen LogP contribution < -0.4 is 10.1 Å². The summed E-state index contributed by atoms with van der Waals surface area (Å²) in [7, 11) is 0. The van der Waals surface area contributed by atoms with Crippen LogP contribution in [0.2, 0.25) is 10.0 Å². The molecule has 1 heterocycles. The molecule has 20 heavy (non-hydrogen) atoms. The lowest BCUT2D eigenvalue weighted by Crippen LogP contribution is -2.13. The Morgan fingerprint density at radius 2 is 2.10 bits per heavy atom. The number of ether oxygens (including phenoxy) is 1. The van der Waals surface area contributed by atoms with Crippen molar-refractivity contribution < 1.29 is 9.13 Å². The minimum absolute atomic E-state index is 0.316. The largest absolute Gasteiger partial charge is 0.437 e. The molecule has 0 atom stereocenters. The van der Waals surface area contributed by atoms with Gasteiger partial charge in [0.25, 0.3) is 0 Å². The molecule has 0 fully saturated rings. The van der Waals surface area contributed by atoms with Crippen LogP contribution in [0, 0.1) is 5.82 Å². The number of aromatic nitrogens is 1. The lowest BCUT2D eigenvalue weighted by atomic mass is 10.2. The first-order valence-corrected chi connectivity index (χ1v) is 6.83. The van der Waals surface area contributed by atoms with Gasteiger partial charge in [0.05, 0.1) is 11.2 Å². The highest BCUT2D eigenvalue weighted by molar-refractivity contribution is 6.35. The molecule has 0 unspecified atom stereocenters. The lowest BCUT2D eigenvalue weighted by molar-refractivity contribution is 0.449. The Labute approximate surface area is 126 Å². The number of pyridine rings is 1. The summed E-state index contributed by atoms with van der Waals surface area (Å²) in [5, 5.41) is 3.99. The number of nitrogens with zero attached hydrogens (tertiary/aromatic N) is 1. The third-order valence-electron chi connectivity index (χ3n) is 2.56. The van der Waals surface area contributed by atoms with E-state index in [1.54, 1.807) is 18.2 Å². The number of benzene rings is 1. The number of hydrogen-bond donors (Lipinski definition) is 1. The van der Waals surface area contributed by atoms with E-state index in [0.717, 1.165) is 12.7 Å². The van der Waals surface area contributed by atoms with Crippen LogP contribution in [0.25, 0.3) is 0 Å². The third kappa shape index (κ3) is 3.82. The van der Waals surface area contributed by atoms with Crippen LogP contribution in [0.15, 0.2) is 30.5 Å². The quantitative estimate of drug-likeness (QED) is 0.886. The van der Waals surface area contributed by atoms with Crippen molar-refractivity contribution >= 4 is 23.2 Å². The van der Waals surface area contributed by atoms with Crippen LogP contribution in [0.5, 0.6) is 11.6 Å². The fourth-order valence-corrected chi connectivity index (χ4v) is 2.06. The van der Waals surface area contributed by atoms with Crippen molar-refractivity contribution in [2.45, 2.75) is 13.5 Å². The minimum atomic E-state index is -0.410. The Morgan fingerprint density at radius 3 is 2.80 bits per heavy atom. The summed E-state index contributed by atoms with van der Waals surface area (Å²) < 4.78 is 18.9. The van der Waals surface area contributed by atoms with Crippen LogP contribution in [-0.2, 0) is 6.54 Å². The molecule has 0 aliphatic carbocycles. The molecule has 3 nitrogen and oxygen atoms in total. The van der Waals surface area contributed by atoms with E-state index in [1.807, 2.05) is 6.92 Å². The van der Waals surface area contributed by atoms with Crippen molar-refractivity contribution in [2.75, 3.05) is 6.54 Å². The van der Waals surface area contributed by atoms with Crippen molar-refractivity contribution in [1.29, 1.82) is 0 Å². The second-order valence-corrected chi connectivity index (χ2v) is 4.92. The molecule has 0 bridgehead atoms. The van der Waals surface area contributed by atoms with E-state index >= 15 is 0 Å². The zero-order chi connectivity index (χ0) is 14.5. The average Bonchev–Trinajstić information content (AvgIpc) is 2.41. The Hall–Kier alpha value is -1.36. The summed E-state index contributed by atoms with van der Waals surface area (Å²) >= 11 is 11.9. The molecule has 2 aromatic rings. The van der Waals surface area contributed by atoms with E-state index < -0.39 is 5.82 Å². The normalized spacial score (nSPS) is 10.6. The highest BCUT2D eigenvalue weighted by Gasteiger charge is 2.10. The van der Waals surface area contributed by atoms with E-state index in [9.17, 15) is 4.39 Å². The van der Waals surface area contributed by atoms with Crippen molar-refractivity contribution in [3.05, 3.63) is 51.9 Å². The summed E-state index contributed by atoms with van der Waals surface area (Å²) in [4.78, 5) is 3.96. The molecule has 1 aromatic heterocycles. The highest BCUT2D eigenvalue weighted by Crippen LogP contribution is 2.32. The van der Waals surface area contributed by atoms with Gasteiger partial charge in [-0.25, -0.2) is 9.37 Å². The van der Waals surface area contributed by atoms with Gasteiger partial charge in [-0.2, -0.15) is 0 Å². The zero-order valence-corrected chi connectivity index (χ0v) is 12.3. The van der Waals surface area contributed by atoms with E-state index in [-0.39, 0.29) is 0 Å². The molecule has 0 saturated heterocycles. The summed E-state index contributed by atoms with van der Waals surface area (Å²) in [6.45, 7) is 3.18. The fraction of sp³-hybridized carbons (Fsp3) is 0.214. The maximum atomic E-state index is 13.3. The topological polar surface area (TPSA) is 34.2 Å². The lowest BCUT2D eigenvalue weighted by Gasteiger charge is -2.11. The van der Waals surface area contributed by atoms with Crippen molar-refractivity contribution in [1.82, 2.24) is 10.3 Å². The van der Waals surface area contributed by atoms with Crippen molar-refractivity contribution in [3.63, 3.8) is 0 Å². The van der Waals surface area contributed by atoms with Gasteiger partial charge in [-0.3, -0.25) is 0 Å². The van der Waals surface area contributed by atoms with E-state index in [4.69, 9.17) is 27.9 Å². The summed E-state index contributed by atoms with van der Waals surface area (Å²) in [5.74, 6) is 0.331. The molecule has 1 N–H and O–H groups in total. The van der Waals surface area contributed by atoms with Gasteiger partial charge in [-0.15, -0.1) is 0 Å². The summed E-state index contributed by atoms with van der Waals surface area (Å²) in [6.07, 6.45) is 1.11. The van der Waals surface area contributed by atoms with Crippen molar-refractivity contribution in [3.8, 4) is 11.6 Å². The minimum Gasteiger partial charge on any atom is -0.437 e. The number of nitrogens with one attached hydrogen (secondary N) is 1. The Balaban J connectivity index is 2.27. The van der Waals surface area contributed by atoms with Gasteiger partial charge in [0.1, 0.15) is 11.6 Å². The number of rotatable bonds is 5. The Kier molecular flexibility index (Phi) is 5.17. The van der Waals surface area contributed by atoms with Crippen LogP contribution in [-0.4, -0.2) is 11.5 Å². The molecule has 0 aliphatic rings. The van der Waals surface area contributed by atoms with Crippen LogP contribution in [0.4, 0.5) is 4.39 Å². The second kappa shape index (κ2) is 6.88. The summed E-state index contributed by atoms with van der Waals surface area (Å²) in [5.41, 5.74) is 0.623. The standard InChI is InChI=1S/C14H13Cl2FN2O/c1-2-18-7-9-5-11(17)8-19-14(9)20-13-4-3-10(15)6-12(13)16/h3-6,8,18H,2,7H2,1H3. The molecule has 2 rings (SSSR count). The number of halogens is 3. The van der Waals surface area contributed by atoms with Gasteiger partial charge in [-0.05, 0) is 30.8 Å². The van der Waals surface area contributed by atoms with E-state index in [1.165, 1.54) is 6.07 Å². The smallest absolute Gasteiger partial charge is 0.223 e. The Bertz CT molecular complexity index is 608. The number of hydrogen-bond acceptors (Lipinski definition) is 3. The predicted octanol–water partition coefficient (Wildman–Crippen LogP) is 4.43. The molecule has 6 heteroatoms. The Morgan fingerprint density at radius 1 is 1.30 bits per heavy atom. The molecular weight excluding hydrogens is 302 g/mol. The first-order chi connectivity index (χ1) is 9.60. The maximum Gasteiger partial charge on any atom is 0.223 e. The molecule has 0 saturated carbocycles. The van der Waals surface area contributed by atoms with Gasteiger partial charge in [0.2, 0.25) is 5.88 Å². The second-order valence-electron chi connectivity index (χ2n) is 4.07. The third-order valence-corrected chi connectivity index (χ3v) is 3.09. The molecule has 0 aliphatic heterocycles. The van der Waals surface area contributed by atoms with Crippen LogP contribution in [0.1, 0.15) is 12.5 Å². The maximum absolute atomic E-state index is 13.3. The summed E-state index contributed by atoms with van der Waals surface area (Å²) in [6, 6.07) is 6.27. The average molecular weight is 315 g/mol. The van der Waals surface area contributed by atoms with Crippen LogP contribution >= 0.6 is 23.2 Å². The first kappa shape index (κ1) is 15.0. The molecule has 1 aromatic carbocycles. The first-order valence-electron chi connectivity index (χ1n) is 6.08. The predicted molar refractivity (Wildman–Crippen MR) is 78.1 cm³/mol. The molecule has 0 spiro atoms. The highest BCUT2D eigenvalue weighted by atomic mass is 35.5. The monoisotopic (exact) mass is 314 g/mol. The van der Waals surface area contributed by atoms with Gasteiger partial charge >= 0.3 is 0 Å². The van der Waals surface area contributed by atoms with Crippen LogP contribution in [0.3, 0.4) is 0 Å². The SMILES string of the molecule is CCNCc1cc(F)cnc1Oc1ccc(Cl)cc1Cl. The molecule has 0 amide bonds. The molecule has 0 radical (unpaired) electrons. The van der Waals surface area contributed by atoms with Gasteiger partial charge in [-0.1, -0.05) is 30.1 Å². The fourth-order valence-electron chi connectivity index (χ4n) is 1.61. The van der Waals surface area contributed by atoms with E-state index in [2.05, 4.69) is 10.3 Å². The van der Waals surface area contributed by atoms with Gasteiger partial charge < -0.3 is 10.1 Å². The van der Waals surface area contributed by atoms with Gasteiger partial charge in [0.15, 0.2) is 0 Å². The molecule has 106 valence electrons.